The molecule has 6 heteroatoms. The minimum Gasteiger partial charge on any atom is -0.452 e. The van der Waals surface area contributed by atoms with Gasteiger partial charge in [-0.3, -0.25) is 9.48 Å². The molecule has 1 aromatic heterocycles. The molecule has 0 saturated heterocycles. The maximum Gasteiger partial charge on any atom is 0.331 e. The second-order valence-electron chi connectivity index (χ2n) is 7.01. The standard InChI is InChI=1S/C25H21N3O3/c29-24(27-23-12-11-21-8-4-5-9-22(21)14-23)18-31-25(30)13-10-20-15-26-28(17-20)16-19-6-2-1-3-7-19/h1-15,17H,16,18H2,(H,27,29)/b13-10+. The van der Waals surface area contributed by atoms with Gasteiger partial charge in [0.25, 0.3) is 5.91 Å². The van der Waals surface area contributed by atoms with Gasteiger partial charge in [-0.15, -0.1) is 0 Å². The van der Waals surface area contributed by atoms with Gasteiger partial charge in [-0.2, -0.15) is 5.10 Å². The Balaban J connectivity index is 1.25. The van der Waals surface area contributed by atoms with Crippen LogP contribution in [0.25, 0.3) is 16.8 Å². The van der Waals surface area contributed by atoms with E-state index in [1.165, 1.54) is 6.08 Å². The summed E-state index contributed by atoms with van der Waals surface area (Å²) in [6.45, 7) is 0.289. The van der Waals surface area contributed by atoms with Crippen LogP contribution in [0.1, 0.15) is 11.1 Å². The molecule has 0 aliphatic carbocycles. The molecule has 0 saturated carbocycles. The molecule has 1 amide bonds. The normalized spacial score (nSPS) is 11.0. The van der Waals surface area contributed by atoms with Gasteiger partial charge in [0.05, 0.1) is 12.7 Å². The van der Waals surface area contributed by atoms with E-state index in [0.29, 0.717) is 12.2 Å². The first-order valence-electron chi connectivity index (χ1n) is 9.85. The van der Waals surface area contributed by atoms with Crippen molar-refractivity contribution >= 4 is 34.4 Å². The fourth-order valence-electron chi connectivity index (χ4n) is 3.14. The summed E-state index contributed by atoms with van der Waals surface area (Å²) in [7, 11) is 0. The van der Waals surface area contributed by atoms with Gasteiger partial charge in [0.2, 0.25) is 0 Å². The molecule has 0 spiro atoms. The first-order chi connectivity index (χ1) is 15.2. The summed E-state index contributed by atoms with van der Waals surface area (Å²) < 4.78 is 6.81. The first kappa shape index (κ1) is 20.1. The highest BCUT2D eigenvalue weighted by Crippen LogP contribution is 2.18. The second-order valence-corrected chi connectivity index (χ2v) is 7.01. The summed E-state index contributed by atoms with van der Waals surface area (Å²) in [5, 5.41) is 9.13. The Kier molecular flexibility index (Phi) is 6.18. The fraction of sp³-hybridized carbons (Fsp3) is 0.0800. The number of nitrogens with one attached hydrogen (secondary N) is 1. The third-order valence-corrected chi connectivity index (χ3v) is 4.63. The lowest BCUT2D eigenvalue weighted by molar-refractivity contribution is -0.142. The van der Waals surface area contributed by atoms with Crippen LogP contribution >= 0.6 is 0 Å². The largest absolute Gasteiger partial charge is 0.452 e. The highest BCUT2D eigenvalue weighted by molar-refractivity contribution is 5.96. The number of esters is 1. The van der Waals surface area contributed by atoms with Crippen molar-refractivity contribution in [2.24, 2.45) is 0 Å². The summed E-state index contributed by atoms with van der Waals surface area (Å²) in [6, 6.07) is 23.5. The SMILES string of the molecule is O=C(COC(=O)/C=C/c1cnn(Cc2ccccc2)c1)Nc1ccc2ccccc2c1. The van der Waals surface area contributed by atoms with E-state index >= 15 is 0 Å². The van der Waals surface area contributed by atoms with E-state index in [2.05, 4.69) is 10.4 Å². The minimum absolute atomic E-state index is 0.358. The number of anilines is 1. The number of amides is 1. The molecule has 1 N–H and O–H groups in total. The number of carbonyl (C=O) groups is 2. The molecule has 0 unspecified atom stereocenters. The highest BCUT2D eigenvalue weighted by atomic mass is 16.5. The zero-order valence-corrected chi connectivity index (χ0v) is 16.8. The molecule has 6 nitrogen and oxygen atoms in total. The lowest BCUT2D eigenvalue weighted by Gasteiger charge is -2.06. The van der Waals surface area contributed by atoms with E-state index < -0.39 is 11.9 Å². The van der Waals surface area contributed by atoms with E-state index in [-0.39, 0.29) is 6.61 Å². The number of aromatic nitrogens is 2. The smallest absolute Gasteiger partial charge is 0.331 e. The highest BCUT2D eigenvalue weighted by Gasteiger charge is 2.07. The third-order valence-electron chi connectivity index (χ3n) is 4.63. The molecule has 4 aromatic rings. The zero-order chi connectivity index (χ0) is 21.5. The first-order valence-corrected chi connectivity index (χ1v) is 9.85. The Morgan fingerprint density at radius 1 is 0.968 bits per heavy atom. The number of fused-ring (bicyclic) bond motifs is 1. The molecule has 0 fully saturated rings. The van der Waals surface area contributed by atoms with Crippen molar-refractivity contribution < 1.29 is 14.3 Å². The van der Waals surface area contributed by atoms with Crippen molar-refractivity contribution in [2.45, 2.75) is 6.54 Å². The van der Waals surface area contributed by atoms with Gasteiger partial charge < -0.3 is 10.1 Å². The van der Waals surface area contributed by atoms with Crippen molar-refractivity contribution in [1.82, 2.24) is 9.78 Å². The topological polar surface area (TPSA) is 73.2 Å². The quantitative estimate of drug-likeness (QED) is 0.364. The predicted molar refractivity (Wildman–Crippen MR) is 120 cm³/mol. The summed E-state index contributed by atoms with van der Waals surface area (Å²) >= 11 is 0. The monoisotopic (exact) mass is 411 g/mol. The molecule has 0 bridgehead atoms. The number of carbonyl (C=O) groups excluding carboxylic acids is 2. The third kappa shape index (κ3) is 5.67. The molecule has 0 aliphatic rings. The van der Waals surface area contributed by atoms with Crippen molar-refractivity contribution in [3.8, 4) is 0 Å². The Morgan fingerprint density at radius 2 is 1.74 bits per heavy atom. The summed E-state index contributed by atoms with van der Waals surface area (Å²) in [5.74, 6) is -0.989. The molecular weight excluding hydrogens is 390 g/mol. The minimum atomic E-state index is -0.593. The molecule has 31 heavy (non-hydrogen) atoms. The van der Waals surface area contributed by atoms with Gasteiger partial charge in [-0.1, -0.05) is 60.7 Å². The molecule has 4 rings (SSSR count). The van der Waals surface area contributed by atoms with Crippen molar-refractivity contribution in [2.75, 3.05) is 11.9 Å². The van der Waals surface area contributed by atoms with Crippen LogP contribution in [0.4, 0.5) is 5.69 Å². The lowest BCUT2D eigenvalue weighted by Crippen LogP contribution is -2.20. The van der Waals surface area contributed by atoms with Crippen LogP contribution in [-0.2, 0) is 20.9 Å². The molecular formula is C25H21N3O3. The molecule has 154 valence electrons. The van der Waals surface area contributed by atoms with E-state index in [9.17, 15) is 9.59 Å². The number of ether oxygens (including phenoxy) is 1. The number of nitrogens with zero attached hydrogens (tertiary/aromatic N) is 2. The average Bonchev–Trinajstić information content (AvgIpc) is 3.24. The average molecular weight is 411 g/mol. The van der Waals surface area contributed by atoms with Gasteiger partial charge in [0.15, 0.2) is 6.61 Å². The lowest BCUT2D eigenvalue weighted by atomic mass is 10.1. The predicted octanol–water partition coefficient (Wildman–Crippen LogP) is 4.28. The molecule has 0 radical (unpaired) electrons. The van der Waals surface area contributed by atoms with Crippen LogP contribution < -0.4 is 5.32 Å². The Morgan fingerprint density at radius 3 is 2.58 bits per heavy atom. The summed E-state index contributed by atoms with van der Waals surface area (Å²) in [5.41, 5.74) is 2.56. The van der Waals surface area contributed by atoms with Crippen molar-refractivity contribution in [1.29, 1.82) is 0 Å². The van der Waals surface area contributed by atoms with E-state index in [1.807, 2.05) is 79.0 Å². The van der Waals surface area contributed by atoms with Crippen LogP contribution in [0.3, 0.4) is 0 Å². The van der Waals surface area contributed by atoms with Crippen LogP contribution in [0.5, 0.6) is 0 Å². The van der Waals surface area contributed by atoms with Gasteiger partial charge in [0.1, 0.15) is 0 Å². The van der Waals surface area contributed by atoms with Gasteiger partial charge in [-0.25, -0.2) is 4.79 Å². The Labute approximate surface area is 179 Å². The Hall–Kier alpha value is -4.19. The molecule has 3 aromatic carbocycles. The van der Waals surface area contributed by atoms with Gasteiger partial charge >= 0.3 is 5.97 Å². The maximum absolute atomic E-state index is 12.1. The van der Waals surface area contributed by atoms with Gasteiger partial charge in [-0.05, 0) is 34.5 Å². The molecule has 1 heterocycles. The maximum atomic E-state index is 12.1. The Bertz CT molecular complexity index is 1230. The van der Waals surface area contributed by atoms with Crippen LogP contribution in [-0.4, -0.2) is 28.3 Å². The number of rotatable bonds is 7. The fourth-order valence-corrected chi connectivity index (χ4v) is 3.14. The summed E-state index contributed by atoms with van der Waals surface area (Å²) in [4.78, 5) is 24.0. The van der Waals surface area contributed by atoms with Crippen LogP contribution in [0.2, 0.25) is 0 Å². The summed E-state index contributed by atoms with van der Waals surface area (Å²) in [6.07, 6.45) is 6.40. The molecule has 0 aliphatic heterocycles. The number of hydrogen-bond donors (Lipinski definition) is 1. The van der Waals surface area contributed by atoms with Crippen LogP contribution in [0.15, 0.2) is 91.3 Å². The number of hydrogen-bond acceptors (Lipinski definition) is 4. The van der Waals surface area contributed by atoms with Crippen molar-refractivity contribution in [3.05, 3.63) is 102 Å². The second kappa shape index (κ2) is 9.54. The van der Waals surface area contributed by atoms with E-state index in [0.717, 1.165) is 21.9 Å². The van der Waals surface area contributed by atoms with Crippen molar-refractivity contribution in [3.63, 3.8) is 0 Å². The number of benzene rings is 3. The zero-order valence-electron chi connectivity index (χ0n) is 16.8. The van der Waals surface area contributed by atoms with E-state index in [4.69, 9.17) is 4.74 Å². The van der Waals surface area contributed by atoms with Crippen LogP contribution in [0, 0.1) is 0 Å². The van der Waals surface area contributed by atoms with E-state index in [1.54, 1.807) is 17.0 Å². The van der Waals surface area contributed by atoms with Gasteiger partial charge in [0, 0.05) is 23.5 Å². The molecule has 0 atom stereocenters.